The summed E-state index contributed by atoms with van der Waals surface area (Å²) in [7, 11) is 0. The van der Waals surface area contributed by atoms with Crippen LogP contribution in [0.15, 0.2) is 65.1 Å². The summed E-state index contributed by atoms with van der Waals surface area (Å²) in [6, 6.07) is 19.4. The van der Waals surface area contributed by atoms with E-state index in [9.17, 15) is 15.3 Å². The topological polar surface area (TPSA) is 88.4 Å². The molecule has 0 radical (unpaired) electrons. The Hall–Kier alpha value is -3.94. The smallest absolute Gasteiger partial charge is 0.267 e. The van der Waals surface area contributed by atoms with Gasteiger partial charge in [0.25, 0.3) is 5.56 Å². The zero-order valence-corrected chi connectivity index (χ0v) is 16.4. The van der Waals surface area contributed by atoms with Crippen molar-refractivity contribution in [2.75, 3.05) is 31.1 Å². The Kier molecular flexibility index (Phi) is 5.56. The van der Waals surface area contributed by atoms with Gasteiger partial charge in [0.05, 0.1) is 5.56 Å². The SMILES string of the molecule is N#CC(C#N)=Cc1c(N2CCN(Cc3ccccc3)CC2)nc2ccccn2c1=O. The minimum absolute atomic E-state index is 0.117. The number of aromatic nitrogens is 2. The van der Waals surface area contributed by atoms with Crippen LogP contribution in [0.5, 0.6) is 0 Å². The number of nitriles is 2. The minimum Gasteiger partial charge on any atom is -0.353 e. The Labute approximate surface area is 174 Å². The van der Waals surface area contributed by atoms with Crippen LogP contribution in [0.2, 0.25) is 0 Å². The number of rotatable bonds is 4. The highest BCUT2D eigenvalue weighted by molar-refractivity contribution is 5.71. The maximum atomic E-state index is 13.1. The molecule has 7 nitrogen and oxygen atoms in total. The number of anilines is 1. The van der Waals surface area contributed by atoms with Gasteiger partial charge in [-0.1, -0.05) is 36.4 Å². The third-order valence-corrected chi connectivity index (χ3v) is 5.20. The maximum Gasteiger partial charge on any atom is 0.267 e. The lowest BCUT2D eigenvalue weighted by Gasteiger charge is -2.36. The first-order valence-electron chi connectivity index (χ1n) is 9.74. The van der Waals surface area contributed by atoms with Crippen molar-refractivity contribution in [3.63, 3.8) is 0 Å². The van der Waals surface area contributed by atoms with Crippen LogP contribution < -0.4 is 10.5 Å². The molecule has 3 aromatic rings. The molecule has 0 aliphatic carbocycles. The molecule has 7 heteroatoms. The van der Waals surface area contributed by atoms with Gasteiger partial charge in [0, 0.05) is 38.9 Å². The van der Waals surface area contributed by atoms with Gasteiger partial charge in [-0.2, -0.15) is 10.5 Å². The summed E-state index contributed by atoms with van der Waals surface area (Å²) in [5.41, 5.74) is 1.67. The second-order valence-electron chi connectivity index (χ2n) is 7.11. The van der Waals surface area contributed by atoms with Crippen molar-refractivity contribution in [3.8, 4) is 12.1 Å². The van der Waals surface area contributed by atoms with E-state index in [-0.39, 0.29) is 16.7 Å². The summed E-state index contributed by atoms with van der Waals surface area (Å²) in [6.07, 6.45) is 2.99. The number of pyridine rings is 1. The van der Waals surface area contributed by atoms with Crippen LogP contribution in [-0.2, 0) is 6.54 Å². The molecule has 30 heavy (non-hydrogen) atoms. The van der Waals surface area contributed by atoms with Gasteiger partial charge in [-0.15, -0.1) is 0 Å². The van der Waals surface area contributed by atoms with Crippen LogP contribution in [0.25, 0.3) is 11.7 Å². The van der Waals surface area contributed by atoms with Crippen LogP contribution in [0.3, 0.4) is 0 Å². The molecule has 0 spiro atoms. The minimum atomic E-state index is -0.287. The second kappa shape index (κ2) is 8.60. The van der Waals surface area contributed by atoms with Gasteiger partial charge in [0.1, 0.15) is 29.2 Å². The summed E-state index contributed by atoms with van der Waals surface area (Å²) < 4.78 is 1.44. The Bertz CT molecular complexity index is 1210. The number of piperazine rings is 1. The van der Waals surface area contributed by atoms with Gasteiger partial charge in [-0.3, -0.25) is 14.1 Å². The van der Waals surface area contributed by atoms with E-state index in [1.54, 1.807) is 18.3 Å². The molecule has 1 aliphatic heterocycles. The van der Waals surface area contributed by atoms with Crippen LogP contribution in [0.1, 0.15) is 11.1 Å². The first-order valence-corrected chi connectivity index (χ1v) is 9.74. The lowest BCUT2D eigenvalue weighted by molar-refractivity contribution is 0.249. The second-order valence-corrected chi connectivity index (χ2v) is 7.11. The van der Waals surface area contributed by atoms with E-state index < -0.39 is 0 Å². The van der Waals surface area contributed by atoms with Crippen LogP contribution in [0, 0.1) is 22.7 Å². The maximum absolute atomic E-state index is 13.1. The van der Waals surface area contributed by atoms with Gasteiger partial charge in [0.2, 0.25) is 0 Å². The molecule has 0 unspecified atom stereocenters. The van der Waals surface area contributed by atoms with Crippen molar-refractivity contribution in [2.24, 2.45) is 0 Å². The van der Waals surface area contributed by atoms with Gasteiger partial charge >= 0.3 is 0 Å². The van der Waals surface area contributed by atoms with E-state index in [1.807, 2.05) is 36.4 Å². The number of benzene rings is 1. The molecule has 2 aromatic heterocycles. The number of allylic oxidation sites excluding steroid dienone is 1. The van der Waals surface area contributed by atoms with Crippen molar-refractivity contribution >= 4 is 17.5 Å². The number of hydrogen-bond acceptors (Lipinski definition) is 6. The highest BCUT2D eigenvalue weighted by Gasteiger charge is 2.22. The largest absolute Gasteiger partial charge is 0.353 e. The van der Waals surface area contributed by atoms with E-state index in [2.05, 4.69) is 21.9 Å². The molecule has 148 valence electrons. The molecule has 1 aromatic carbocycles. The molecule has 0 N–H and O–H groups in total. The Balaban J connectivity index is 1.65. The third-order valence-electron chi connectivity index (χ3n) is 5.20. The molecule has 0 saturated carbocycles. The molecule has 0 atom stereocenters. The first-order chi connectivity index (χ1) is 14.7. The van der Waals surface area contributed by atoms with Crippen LogP contribution in [0.4, 0.5) is 5.82 Å². The van der Waals surface area contributed by atoms with Crippen molar-refractivity contribution in [1.82, 2.24) is 14.3 Å². The fourth-order valence-electron chi connectivity index (χ4n) is 3.65. The van der Waals surface area contributed by atoms with E-state index in [0.29, 0.717) is 24.6 Å². The van der Waals surface area contributed by atoms with Crippen LogP contribution >= 0.6 is 0 Å². The van der Waals surface area contributed by atoms with E-state index in [0.717, 1.165) is 19.6 Å². The summed E-state index contributed by atoms with van der Waals surface area (Å²) in [5.74, 6) is 0.522. The van der Waals surface area contributed by atoms with E-state index in [1.165, 1.54) is 16.0 Å². The predicted molar refractivity (Wildman–Crippen MR) is 115 cm³/mol. The molecule has 1 saturated heterocycles. The zero-order chi connectivity index (χ0) is 20.9. The van der Waals surface area contributed by atoms with Crippen molar-refractivity contribution in [3.05, 3.63) is 81.8 Å². The summed E-state index contributed by atoms with van der Waals surface area (Å²) >= 11 is 0. The van der Waals surface area contributed by atoms with Gasteiger partial charge in [-0.25, -0.2) is 4.98 Å². The lowest BCUT2D eigenvalue weighted by Crippen LogP contribution is -2.47. The molecule has 0 bridgehead atoms. The van der Waals surface area contributed by atoms with Gasteiger partial charge in [-0.05, 0) is 23.8 Å². The first kappa shape index (κ1) is 19.4. The zero-order valence-electron chi connectivity index (χ0n) is 16.4. The van der Waals surface area contributed by atoms with Gasteiger partial charge < -0.3 is 4.90 Å². The fourth-order valence-corrected chi connectivity index (χ4v) is 3.65. The number of nitrogens with zero attached hydrogens (tertiary/aromatic N) is 6. The Morgan fingerprint density at radius 2 is 1.70 bits per heavy atom. The molecule has 0 amide bonds. The lowest BCUT2D eigenvalue weighted by atomic mass is 10.1. The molecule has 1 fully saturated rings. The van der Waals surface area contributed by atoms with Crippen molar-refractivity contribution < 1.29 is 0 Å². The number of hydrogen-bond donors (Lipinski definition) is 0. The number of fused-ring (bicyclic) bond motifs is 1. The quantitative estimate of drug-likeness (QED) is 0.630. The standard InChI is InChI=1S/C23H20N6O/c24-15-19(16-25)14-20-22(26-21-8-4-5-9-29(21)23(20)30)28-12-10-27(11-13-28)17-18-6-2-1-3-7-18/h1-9,14H,10-13,17H2. The highest BCUT2D eigenvalue weighted by atomic mass is 16.1. The van der Waals surface area contributed by atoms with Gasteiger partial charge in [0.15, 0.2) is 0 Å². The molecule has 1 aliphatic rings. The van der Waals surface area contributed by atoms with Crippen LogP contribution in [-0.4, -0.2) is 40.5 Å². The third kappa shape index (κ3) is 3.93. The van der Waals surface area contributed by atoms with E-state index >= 15 is 0 Å². The normalized spacial score (nSPS) is 14.1. The van der Waals surface area contributed by atoms with Crippen molar-refractivity contribution in [2.45, 2.75) is 6.54 Å². The average molecular weight is 396 g/mol. The molecule has 3 heterocycles. The Morgan fingerprint density at radius 3 is 2.40 bits per heavy atom. The highest BCUT2D eigenvalue weighted by Crippen LogP contribution is 2.21. The summed E-state index contributed by atoms with van der Waals surface area (Å²) in [4.78, 5) is 22.2. The van der Waals surface area contributed by atoms with Crippen molar-refractivity contribution in [1.29, 1.82) is 10.5 Å². The fraction of sp³-hybridized carbons (Fsp3) is 0.217. The predicted octanol–water partition coefficient (Wildman–Crippen LogP) is 2.45. The average Bonchev–Trinajstić information content (AvgIpc) is 2.80. The molecular formula is C23H20N6O. The Morgan fingerprint density at radius 1 is 1.00 bits per heavy atom. The molecular weight excluding hydrogens is 376 g/mol. The monoisotopic (exact) mass is 396 g/mol. The summed E-state index contributed by atoms with van der Waals surface area (Å²) in [6.45, 7) is 3.95. The summed E-state index contributed by atoms with van der Waals surface area (Å²) in [5, 5.41) is 18.4. The van der Waals surface area contributed by atoms with E-state index in [4.69, 9.17) is 4.98 Å². The molecule has 4 rings (SSSR count).